The molecule has 1 saturated heterocycles. The molecule has 0 spiro atoms. The molecule has 0 aromatic heterocycles. The van der Waals surface area contributed by atoms with Crippen LogP contribution in [0.15, 0.2) is 18.2 Å². The SMILES string of the molecule is CNC(CN1CCC(C)CC1)c1ccc(OC)cc1OC. The van der Waals surface area contributed by atoms with Crippen molar-refractivity contribution in [1.29, 1.82) is 0 Å². The number of methoxy groups -OCH3 is 2. The first-order valence-corrected chi connectivity index (χ1v) is 7.79. The van der Waals surface area contributed by atoms with Gasteiger partial charge in [0.1, 0.15) is 11.5 Å². The largest absolute Gasteiger partial charge is 0.497 e. The summed E-state index contributed by atoms with van der Waals surface area (Å²) in [5, 5.41) is 3.43. The van der Waals surface area contributed by atoms with Crippen molar-refractivity contribution in [2.75, 3.05) is 40.9 Å². The van der Waals surface area contributed by atoms with Gasteiger partial charge in [-0.25, -0.2) is 0 Å². The molecule has 0 aliphatic carbocycles. The van der Waals surface area contributed by atoms with Gasteiger partial charge in [0.15, 0.2) is 0 Å². The summed E-state index contributed by atoms with van der Waals surface area (Å²) in [6.07, 6.45) is 2.60. The minimum atomic E-state index is 0.277. The second-order valence-electron chi connectivity index (χ2n) is 5.93. The monoisotopic (exact) mass is 292 g/mol. The van der Waals surface area contributed by atoms with Crippen LogP contribution in [-0.4, -0.2) is 45.8 Å². The maximum atomic E-state index is 5.54. The topological polar surface area (TPSA) is 33.7 Å². The van der Waals surface area contributed by atoms with Crippen molar-refractivity contribution in [3.8, 4) is 11.5 Å². The minimum Gasteiger partial charge on any atom is -0.497 e. The Morgan fingerprint density at radius 3 is 2.52 bits per heavy atom. The Morgan fingerprint density at radius 2 is 1.95 bits per heavy atom. The standard InChI is InChI=1S/C17H28N2O2/c1-13-7-9-19(10-8-13)12-16(18-2)15-6-5-14(20-3)11-17(15)21-4/h5-6,11,13,16,18H,7-10,12H2,1-4H3. The molecule has 1 aromatic carbocycles. The Bertz CT molecular complexity index is 442. The van der Waals surface area contributed by atoms with Crippen molar-refractivity contribution >= 4 is 0 Å². The van der Waals surface area contributed by atoms with Gasteiger partial charge in [-0.05, 0) is 45.0 Å². The number of ether oxygens (including phenoxy) is 2. The zero-order valence-corrected chi connectivity index (χ0v) is 13.7. The van der Waals surface area contributed by atoms with E-state index in [-0.39, 0.29) is 6.04 Å². The summed E-state index contributed by atoms with van der Waals surface area (Å²) >= 11 is 0. The third-order valence-electron chi connectivity index (χ3n) is 4.48. The average molecular weight is 292 g/mol. The summed E-state index contributed by atoms with van der Waals surface area (Å²) in [5.74, 6) is 2.58. The molecular formula is C17H28N2O2. The normalized spacial score (nSPS) is 18.5. The average Bonchev–Trinajstić information content (AvgIpc) is 2.53. The molecule has 0 bridgehead atoms. The molecular weight excluding hydrogens is 264 g/mol. The second-order valence-corrected chi connectivity index (χ2v) is 5.93. The quantitative estimate of drug-likeness (QED) is 0.874. The van der Waals surface area contributed by atoms with Crippen LogP contribution >= 0.6 is 0 Å². The van der Waals surface area contributed by atoms with Crippen LogP contribution in [0.5, 0.6) is 11.5 Å². The smallest absolute Gasteiger partial charge is 0.127 e. The number of nitrogens with one attached hydrogen (secondary N) is 1. The Labute approximate surface area is 128 Å². The van der Waals surface area contributed by atoms with Gasteiger partial charge >= 0.3 is 0 Å². The number of piperidine rings is 1. The van der Waals surface area contributed by atoms with Crippen LogP contribution in [-0.2, 0) is 0 Å². The van der Waals surface area contributed by atoms with E-state index in [1.165, 1.54) is 31.5 Å². The van der Waals surface area contributed by atoms with E-state index >= 15 is 0 Å². The number of benzene rings is 1. The maximum Gasteiger partial charge on any atom is 0.127 e. The van der Waals surface area contributed by atoms with Crippen molar-refractivity contribution in [2.45, 2.75) is 25.8 Å². The van der Waals surface area contributed by atoms with Crippen LogP contribution in [0.2, 0.25) is 0 Å². The molecule has 1 unspecified atom stereocenters. The number of likely N-dealkylation sites (tertiary alicyclic amines) is 1. The first kappa shape index (κ1) is 16.1. The van der Waals surface area contributed by atoms with E-state index in [2.05, 4.69) is 23.2 Å². The molecule has 0 amide bonds. The highest BCUT2D eigenvalue weighted by atomic mass is 16.5. The van der Waals surface area contributed by atoms with Crippen LogP contribution in [0.4, 0.5) is 0 Å². The summed E-state index contributed by atoms with van der Waals surface area (Å²) in [4.78, 5) is 2.55. The van der Waals surface area contributed by atoms with E-state index in [1.54, 1.807) is 14.2 Å². The molecule has 118 valence electrons. The third kappa shape index (κ3) is 4.11. The van der Waals surface area contributed by atoms with Crippen LogP contribution in [0.1, 0.15) is 31.4 Å². The van der Waals surface area contributed by atoms with Gasteiger partial charge in [0.25, 0.3) is 0 Å². The predicted octanol–water partition coefficient (Wildman–Crippen LogP) is 2.70. The van der Waals surface area contributed by atoms with E-state index < -0.39 is 0 Å². The van der Waals surface area contributed by atoms with Gasteiger partial charge in [-0.1, -0.05) is 13.0 Å². The maximum absolute atomic E-state index is 5.54. The molecule has 4 nitrogen and oxygen atoms in total. The van der Waals surface area contributed by atoms with Gasteiger partial charge in [0.2, 0.25) is 0 Å². The number of rotatable bonds is 6. The zero-order chi connectivity index (χ0) is 15.2. The van der Waals surface area contributed by atoms with Crippen LogP contribution in [0.25, 0.3) is 0 Å². The lowest BCUT2D eigenvalue weighted by atomic mass is 9.97. The van der Waals surface area contributed by atoms with Crippen LogP contribution in [0, 0.1) is 5.92 Å². The molecule has 1 atom stereocenters. The number of likely N-dealkylation sites (N-methyl/N-ethyl adjacent to an activating group) is 1. The molecule has 4 heteroatoms. The summed E-state index contributed by atoms with van der Waals surface area (Å²) in [6, 6.07) is 6.34. The number of hydrogen-bond acceptors (Lipinski definition) is 4. The molecule has 0 radical (unpaired) electrons. The summed E-state index contributed by atoms with van der Waals surface area (Å²) in [5.41, 5.74) is 1.19. The van der Waals surface area contributed by atoms with Crippen molar-refractivity contribution in [2.24, 2.45) is 5.92 Å². The number of hydrogen-bond donors (Lipinski definition) is 1. The summed E-state index contributed by atoms with van der Waals surface area (Å²) < 4.78 is 10.8. The highest BCUT2D eigenvalue weighted by Gasteiger charge is 2.21. The first-order valence-electron chi connectivity index (χ1n) is 7.79. The van der Waals surface area contributed by atoms with Gasteiger partial charge in [-0.15, -0.1) is 0 Å². The summed E-state index contributed by atoms with van der Waals surface area (Å²) in [7, 11) is 5.41. The molecule has 1 heterocycles. The van der Waals surface area contributed by atoms with Gasteiger partial charge in [-0.3, -0.25) is 0 Å². The van der Waals surface area contributed by atoms with E-state index in [0.717, 1.165) is 24.0 Å². The molecule has 1 aromatic rings. The lowest BCUT2D eigenvalue weighted by Crippen LogP contribution is -2.39. The van der Waals surface area contributed by atoms with E-state index in [4.69, 9.17) is 9.47 Å². The van der Waals surface area contributed by atoms with E-state index in [1.807, 2.05) is 19.2 Å². The highest BCUT2D eigenvalue weighted by molar-refractivity contribution is 5.42. The fourth-order valence-corrected chi connectivity index (χ4v) is 2.95. The lowest BCUT2D eigenvalue weighted by Gasteiger charge is -2.33. The molecule has 1 fully saturated rings. The highest BCUT2D eigenvalue weighted by Crippen LogP contribution is 2.30. The lowest BCUT2D eigenvalue weighted by molar-refractivity contribution is 0.176. The first-order chi connectivity index (χ1) is 10.2. The van der Waals surface area contributed by atoms with Crippen molar-refractivity contribution < 1.29 is 9.47 Å². The molecule has 1 aliphatic heterocycles. The fraction of sp³-hybridized carbons (Fsp3) is 0.647. The Balaban J connectivity index is 2.09. The van der Waals surface area contributed by atoms with Gasteiger partial charge in [-0.2, -0.15) is 0 Å². The van der Waals surface area contributed by atoms with Crippen molar-refractivity contribution in [3.63, 3.8) is 0 Å². The Morgan fingerprint density at radius 1 is 1.24 bits per heavy atom. The van der Waals surface area contributed by atoms with Gasteiger partial charge in [0.05, 0.1) is 14.2 Å². The van der Waals surface area contributed by atoms with Crippen molar-refractivity contribution in [3.05, 3.63) is 23.8 Å². The molecule has 21 heavy (non-hydrogen) atoms. The van der Waals surface area contributed by atoms with E-state index in [9.17, 15) is 0 Å². The van der Waals surface area contributed by atoms with Gasteiger partial charge in [0, 0.05) is 24.2 Å². The molecule has 2 rings (SSSR count). The Kier molecular flexibility index (Phi) is 5.88. The predicted molar refractivity (Wildman–Crippen MR) is 86.2 cm³/mol. The minimum absolute atomic E-state index is 0.277. The zero-order valence-electron chi connectivity index (χ0n) is 13.7. The van der Waals surface area contributed by atoms with E-state index in [0.29, 0.717) is 0 Å². The second kappa shape index (κ2) is 7.66. The van der Waals surface area contributed by atoms with Crippen molar-refractivity contribution in [1.82, 2.24) is 10.2 Å². The fourth-order valence-electron chi connectivity index (χ4n) is 2.95. The molecule has 1 aliphatic rings. The third-order valence-corrected chi connectivity index (χ3v) is 4.48. The van der Waals surface area contributed by atoms with Crippen LogP contribution < -0.4 is 14.8 Å². The molecule has 1 N–H and O–H groups in total. The summed E-state index contributed by atoms with van der Waals surface area (Å²) in [6.45, 7) is 5.75. The van der Waals surface area contributed by atoms with Gasteiger partial charge < -0.3 is 19.7 Å². The Hall–Kier alpha value is -1.26. The van der Waals surface area contributed by atoms with Crippen LogP contribution in [0.3, 0.4) is 0 Å². The molecule has 0 saturated carbocycles. The number of nitrogens with zero attached hydrogens (tertiary/aromatic N) is 1.